The summed E-state index contributed by atoms with van der Waals surface area (Å²) in [5, 5.41) is 6.66. The molecule has 152 valence electrons. The first-order chi connectivity index (χ1) is 13.7. The molecule has 1 saturated heterocycles. The van der Waals surface area contributed by atoms with Crippen LogP contribution < -0.4 is 10.6 Å². The van der Waals surface area contributed by atoms with Crippen LogP contribution in [-0.2, 0) is 9.59 Å². The molecule has 2 amide bonds. The summed E-state index contributed by atoms with van der Waals surface area (Å²) < 4.78 is 0. The van der Waals surface area contributed by atoms with E-state index in [-0.39, 0.29) is 35.5 Å². The molecule has 2 N–H and O–H groups in total. The Balaban J connectivity index is 1.23. The third-order valence-corrected chi connectivity index (χ3v) is 6.59. The number of amides is 2. The van der Waals surface area contributed by atoms with Gasteiger partial charge in [-0.15, -0.1) is 0 Å². The van der Waals surface area contributed by atoms with Gasteiger partial charge in [0.15, 0.2) is 5.96 Å². The Morgan fingerprint density at radius 3 is 2.57 bits per heavy atom. The first-order valence-electron chi connectivity index (χ1n) is 10.9. The maximum atomic E-state index is 12.7. The highest BCUT2D eigenvalue weighted by atomic mass is 16.2. The van der Waals surface area contributed by atoms with Crippen molar-refractivity contribution in [1.82, 2.24) is 15.5 Å². The maximum Gasteiger partial charge on any atom is 0.233 e. The predicted octanol–water partition coefficient (Wildman–Crippen LogP) is 2.24. The number of nitrogens with one attached hydrogen (secondary N) is 2. The van der Waals surface area contributed by atoms with E-state index in [9.17, 15) is 9.59 Å². The molecule has 0 spiro atoms. The van der Waals surface area contributed by atoms with Gasteiger partial charge in [0, 0.05) is 26.2 Å². The SMILES string of the molecule is CCNC(=NCCCN1C(=O)C2C3C=CC(C3)C2C1=O)NCCC1=CCCC1. The van der Waals surface area contributed by atoms with Gasteiger partial charge in [-0.3, -0.25) is 19.5 Å². The van der Waals surface area contributed by atoms with Gasteiger partial charge in [0.2, 0.25) is 11.8 Å². The van der Waals surface area contributed by atoms with Crippen LogP contribution in [0.3, 0.4) is 0 Å². The normalized spacial score (nSPS) is 31.0. The van der Waals surface area contributed by atoms with Crippen molar-refractivity contribution in [2.45, 2.75) is 45.4 Å². The van der Waals surface area contributed by atoms with Crippen LogP contribution in [0.2, 0.25) is 0 Å². The highest BCUT2D eigenvalue weighted by Gasteiger charge is 2.58. The first-order valence-corrected chi connectivity index (χ1v) is 10.9. The molecule has 0 aromatic heterocycles. The van der Waals surface area contributed by atoms with Crippen LogP contribution in [0.5, 0.6) is 0 Å². The van der Waals surface area contributed by atoms with Crippen LogP contribution in [0.1, 0.15) is 45.4 Å². The van der Waals surface area contributed by atoms with Crippen molar-refractivity contribution in [1.29, 1.82) is 0 Å². The molecule has 2 bridgehead atoms. The Hall–Kier alpha value is -2.11. The molecule has 28 heavy (non-hydrogen) atoms. The zero-order valence-electron chi connectivity index (χ0n) is 16.8. The third-order valence-electron chi connectivity index (χ3n) is 6.59. The third kappa shape index (κ3) is 3.74. The van der Waals surface area contributed by atoms with Gasteiger partial charge in [0.25, 0.3) is 0 Å². The van der Waals surface area contributed by atoms with Gasteiger partial charge in [-0.25, -0.2) is 0 Å². The Kier molecular flexibility index (Phi) is 5.83. The summed E-state index contributed by atoms with van der Waals surface area (Å²) in [6.45, 7) is 4.85. The lowest BCUT2D eigenvalue weighted by Gasteiger charge is -2.17. The lowest BCUT2D eigenvalue weighted by molar-refractivity contribution is -0.140. The molecule has 4 unspecified atom stereocenters. The molecule has 4 atom stereocenters. The van der Waals surface area contributed by atoms with Gasteiger partial charge in [-0.05, 0) is 57.3 Å². The number of hydrogen-bond donors (Lipinski definition) is 2. The molecule has 1 aliphatic heterocycles. The summed E-state index contributed by atoms with van der Waals surface area (Å²) in [5.74, 6) is 1.31. The number of hydrogen-bond acceptors (Lipinski definition) is 3. The van der Waals surface area contributed by atoms with Gasteiger partial charge >= 0.3 is 0 Å². The van der Waals surface area contributed by atoms with E-state index in [4.69, 9.17) is 0 Å². The van der Waals surface area contributed by atoms with Gasteiger partial charge < -0.3 is 10.6 Å². The fraction of sp³-hybridized carbons (Fsp3) is 0.682. The average Bonchev–Trinajstić information content (AvgIpc) is 3.46. The van der Waals surface area contributed by atoms with E-state index in [0.29, 0.717) is 19.5 Å². The molecule has 0 aromatic rings. The van der Waals surface area contributed by atoms with Gasteiger partial charge in [0.05, 0.1) is 11.8 Å². The van der Waals surface area contributed by atoms with E-state index in [2.05, 4.69) is 40.8 Å². The lowest BCUT2D eigenvalue weighted by Crippen LogP contribution is -2.38. The Bertz CT molecular complexity index is 681. The number of carbonyl (C=O) groups is 2. The van der Waals surface area contributed by atoms with Crippen LogP contribution >= 0.6 is 0 Å². The van der Waals surface area contributed by atoms with E-state index in [0.717, 1.165) is 31.9 Å². The highest BCUT2D eigenvalue weighted by Crippen LogP contribution is 2.52. The zero-order valence-corrected chi connectivity index (χ0v) is 16.8. The number of fused-ring (bicyclic) bond motifs is 5. The van der Waals surface area contributed by atoms with Crippen LogP contribution in [0.25, 0.3) is 0 Å². The van der Waals surface area contributed by atoms with Crippen molar-refractivity contribution >= 4 is 17.8 Å². The van der Waals surface area contributed by atoms with Crippen LogP contribution in [0.15, 0.2) is 28.8 Å². The van der Waals surface area contributed by atoms with E-state index in [1.54, 1.807) is 5.57 Å². The number of nitrogens with zero attached hydrogens (tertiary/aromatic N) is 2. The number of imide groups is 1. The topological polar surface area (TPSA) is 73.8 Å². The number of aliphatic imine (C=N–C) groups is 1. The van der Waals surface area contributed by atoms with Crippen molar-refractivity contribution in [3.63, 3.8) is 0 Å². The molecule has 1 saturated carbocycles. The summed E-state index contributed by atoms with van der Waals surface area (Å²) in [6.07, 6.45) is 13.1. The van der Waals surface area contributed by atoms with E-state index in [1.165, 1.54) is 24.2 Å². The van der Waals surface area contributed by atoms with Crippen LogP contribution in [0, 0.1) is 23.7 Å². The molecule has 2 fully saturated rings. The quantitative estimate of drug-likeness (QED) is 0.221. The Morgan fingerprint density at radius 2 is 1.93 bits per heavy atom. The van der Waals surface area contributed by atoms with Crippen molar-refractivity contribution in [2.24, 2.45) is 28.7 Å². The predicted molar refractivity (Wildman–Crippen MR) is 110 cm³/mol. The fourth-order valence-corrected chi connectivity index (χ4v) is 5.25. The molecule has 4 aliphatic rings. The summed E-state index contributed by atoms with van der Waals surface area (Å²) in [4.78, 5) is 31.5. The van der Waals surface area contributed by atoms with E-state index < -0.39 is 0 Å². The Labute approximate surface area is 167 Å². The van der Waals surface area contributed by atoms with Gasteiger partial charge in [0.1, 0.15) is 0 Å². The van der Waals surface area contributed by atoms with Gasteiger partial charge in [-0.1, -0.05) is 23.8 Å². The van der Waals surface area contributed by atoms with Crippen LogP contribution in [0.4, 0.5) is 0 Å². The Morgan fingerprint density at radius 1 is 1.18 bits per heavy atom. The van der Waals surface area contributed by atoms with Gasteiger partial charge in [-0.2, -0.15) is 0 Å². The van der Waals surface area contributed by atoms with E-state index >= 15 is 0 Å². The second kappa shape index (κ2) is 8.50. The molecule has 6 heteroatoms. The molecule has 0 radical (unpaired) electrons. The minimum Gasteiger partial charge on any atom is -0.357 e. The molecule has 6 nitrogen and oxygen atoms in total. The molecular formula is C22H32N4O2. The highest BCUT2D eigenvalue weighted by molar-refractivity contribution is 6.06. The van der Waals surface area contributed by atoms with E-state index in [1.807, 2.05) is 0 Å². The van der Waals surface area contributed by atoms with Crippen molar-refractivity contribution in [3.05, 3.63) is 23.8 Å². The molecule has 3 aliphatic carbocycles. The largest absolute Gasteiger partial charge is 0.357 e. The standard InChI is InChI=1S/C22H32N4O2/c1-2-23-22(25-12-10-15-6-3-4-7-15)24-11-5-13-26-20(27)18-16-8-9-17(14-16)19(18)21(26)28/h6,8-9,16-19H,2-5,7,10-14H2,1H3,(H2,23,24,25). The number of rotatable bonds is 8. The summed E-state index contributed by atoms with van der Waals surface area (Å²) in [7, 11) is 0. The maximum absolute atomic E-state index is 12.7. The van der Waals surface area contributed by atoms with Crippen molar-refractivity contribution < 1.29 is 9.59 Å². The number of carbonyl (C=O) groups excluding carboxylic acids is 2. The number of likely N-dealkylation sites (tertiary alicyclic amines) is 1. The first kappa shape index (κ1) is 19.2. The van der Waals surface area contributed by atoms with Crippen molar-refractivity contribution in [3.8, 4) is 0 Å². The van der Waals surface area contributed by atoms with Crippen molar-refractivity contribution in [2.75, 3.05) is 26.2 Å². The second-order valence-corrected chi connectivity index (χ2v) is 8.37. The fourth-order valence-electron chi connectivity index (χ4n) is 5.25. The average molecular weight is 385 g/mol. The molecule has 1 heterocycles. The van der Waals surface area contributed by atoms with Crippen LogP contribution in [-0.4, -0.2) is 48.9 Å². The lowest BCUT2D eigenvalue weighted by atomic mass is 9.85. The molecule has 4 rings (SSSR count). The minimum atomic E-state index is -0.0881. The number of allylic oxidation sites excluding steroid dienone is 3. The monoisotopic (exact) mass is 384 g/mol. The zero-order chi connectivity index (χ0) is 19.5. The summed E-state index contributed by atoms with van der Waals surface area (Å²) in [5.41, 5.74) is 1.54. The second-order valence-electron chi connectivity index (χ2n) is 8.37. The summed E-state index contributed by atoms with van der Waals surface area (Å²) >= 11 is 0. The smallest absolute Gasteiger partial charge is 0.233 e. The number of guanidine groups is 1. The molecular weight excluding hydrogens is 352 g/mol. The summed E-state index contributed by atoms with van der Waals surface area (Å²) in [6, 6.07) is 0. The molecule has 0 aromatic carbocycles. The minimum absolute atomic E-state index is 0.0469.